The van der Waals surface area contributed by atoms with Crippen molar-refractivity contribution in [2.45, 2.75) is 30.6 Å². The largest absolute Gasteiger partial charge is 0.506 e. The van der Waals surface area contributed by atoms with Crippen LogP contribution in [-0.4, -0.2) is 43.4 Å². The van der Waals surface area contributed by atoms with E-state index >= 15 is 0 Å². The first-order valence-corrected chi connectivity index (χ1v) is 10.7. The number of ether oxygens (including phenoxy) is 1. The summed E-state index contributed by atoms with van der Waals surface area (Å²) in [4.78, 5) is 12.2. The quantitative estimate of drug-likeness (QED) is 0.521. The van der Waals surface area contributed by atoms with E-state index in [-0.39, 0.29) is 28.7 Å². The normalized spacial score (nSPS) is 14.7. The van der Waals surface area contributed by atoms with Crippen molar-refractivity contribution in [1.82, 2.24) is 4.31 Å². The second-order valence-electron chi connectivity index (χ2n) is 6.60. The van der Waals surface area contributed by atoms with Crippen molar-refractivity contribution >= 4 is 21.6 Å². The van der Waals surface area contributed by atoms with Crippen LogP contribution in [0.1, 0.15) is 25.7 Å². The van der Waals surface area contributed by atoms with Crippen molar-refractivity contribution in [1.29, 1.82) is 0 Å². The lowest BCUT2D eigenvalue weighted by Gasteiger charge is -2.16. The van der Waals surface area contributed by atoms with Crippen LogP contribution in [0.3, 0.4) is 0 Å². The third-order valence-electron chi connectivity index (χ3n) is 4.51. The predicted molar refractivity (Wildman–Crippen MR) is 106 cm³/mol. The SMILES string of the molecule is O=C(CCCOc1ccccc1)Nc1cc(S(=O)(=O)N2CCCC2)ccc1O. The molecular weight excluding hydrogens is 380 g/mol. The number of anilines is 1. The number of para-hydroxylation sites is 1. The van der Waals surface area contributed by atoms with Crippen LogP contribution < -0.4 is 10.1 Å². The third-order valence-corrected chi connectivity index (χ3v) is 6.40. The highest BCUT2D eigenvalue weighted by atomic mass is 32.2. The number of carbonyl (C=O) groups is 1. The maximum atomic E-state index is 12.6. The number of hydrogen-bond acceptors (Lipinski definition) is 5. The Bertz CT molecular complexity index is 909. The predicted octanol–water partition coefficient (Wildman–Crippen LogP) is 2.97. The molecule has 0 spiro atoms. The fraction of sp³-hybridized carbons (Fsp3) is 0.350. The van der Waals surface area contributed by atoms with E-state index in [1.54, 1.807) is 0 Å². The summed E-state index contributed by atoms with van der Waals surface area (Å²) < 4.78 is 32.2. The first-order valence-electron chi connectivity index (χ1n) is 9.28. The number of carbonyl (C=O) groups excluding carboxylic acids is 1. The molecule has 1 aliphatic rings. The molecule has 0 unspecified atom stereocenters. The lowest BCUT2D eigenvalue weighted by Crippen LogP contribution is -2.28. The van der Waals surface area contributed by atoms with Gasteiger partial charge in [0.2, 0.25) is 15.9 Å². The van der Waals surface area contributed by atoms with E-state index in [2.05, 4.69) is 5.32 Å². The highest BCUT2D eigenvalue weighted by Gasteiger charge is 2.27. The van der Waals surface area contributed by atoms with Crippen LogP contribution in [-0.2, 0) is 14.8 Å². The maximum absolute atomic E-state index is 12.6. The minimum Gasteiger partial charge on any atom is -0.506 e. The van der Waals surface area contributed by atoms with E-state index in [1.165, 1.54) is 22.5 Å². The molecule has 8 heteroatoms. The van der Waals surface area contributed by atoms with Gasteiger partial charge in [-0.1, -0.05) is 18.2 Å². The Hall–Kier alpha value is -2.58. The van der Waals surface area contributed by atoms with E-state index < -0.39 is 10.0 Å². The number of nitrogens with zero attached hydrogens (tertiary/aromatic N) is 1. The molecule has 0 saturated carbocycles. The smallest absolute Gasteiger partial charge is 0.243 e. The number of phenolic OH excluding ortho intramolecular Hbond substituents is 1. The van der Waals surface area contributed by atoms with Crippen molar-refractivity contribution in [2.24, 2.45) is 0 Å². The number of nitrogens with one attached hydrogen (secondary N) is 1. The standard InChI is InChI=1S/C20H24N2O5S/c23-19-11-10-17(28(25,26)22-12-4-5-13-22)15-18(19)21-20(24)9-6-14-27-16-7-2-1-3-8-16/h1-3,7-8,10-11,15,23H,4-6,9,12-14H2,(H,21,24). The van der Waals surface area contributed by atoms with Crippen LogP contribution in [0.2, 0.25) is 0 Å². The number of aromatic hydroxyl groups is 1. The zero-order chi connectivity index (χ0) is 20.0. The summed E-state index contributed by atoms with van der Waals surface area (Å²) >= 11 is 0. The van der Waals surface area contributed by atoms with Crippen molar-refractivity contribution in [3.8, 4) is 11.5 Å². The number of rotatable bonds is 8. The van der Waals surface area contributed by atoms with Gasteiger partial charge in [0.05, 0.1) is 17.2 Å². The molecule has 150 valence electrons. The molecular formula is C20H24N2O5S. The molecule has 0 aliphatic carbocycles. The van der Waals surface area contributed by atoms with Gasteiger partial charge in [-0.05, 0) is 49.6 Å². The molecule has 1 heterocycles. The van der Waals surface area contributed by atoms with Gasteiger partial charge >= 0.3 is 0 Å². The second kappa shape index (κ2) is 9.07. The van der Waals surface area contributed by atoms with Gasteiger partial charge in [-0.15, -0.1) is 0 Å². The van der Waals surface area contributed by atoms with Gasteiger partial charge in [0.25, 0.3) is 0 Å². The van der Waals surface area contributed by atoms with E-state index in [0.717, 1.165) is 18.6 Å². The maximum Gasteiger partial charge on any atom is 0.243 e. The highest BCUT2D eigenvalue weighted by molar-refractivity contribution is 7.89. The summed E-state index contributed by atoms with van der Waals surface area (Å²) in [5.41, 5.74) is 0.0919. The lowest BCUT2D eigenvalue weighted by atomic mass is 10.2. The molecule has 0 atom stereocenters. The summed E-state index contributed by atoms with van der Waals surface area (Å²) in [7, 11) is -3.61. The van der Waals surface area contributed by atoms with E-state index in [0.29, 0.717) is 26.1 Å². The Morgan fingerprint density at radius 2 is 1.82 bits per heavy atom. The summed E-state index contributed by atoms with van der Waals surface area (Å²) in [6, 6.07) is 13.3. The zero-order valence-corrected chi connectivity index (χ0v) is 16.3. The molecule has 2 aromatic carbocycles. The molecule has 3 rings (SSSR count). The molecule has 1 saturated heterocycles. The van der Waals surface area contributed by atoms with Crippen molar-refractivity contribution in [3.05, 3.63) is 48.5 Å². The molecule has 2 aromatic rings. The summed E-state index contributed by atoms with van der Waals surface area (Å²) in [5.74, 6) is 0.248. The minimum atomic E-state index is -3.61. The highest BCUT2D eigenvalue weighted by Crippen LogP contribution is 2.29. The molecule has 28 heavy (non-hydrogen) atoms. The first-order chi connectivity index (χ1) is 13.5. The van der Waals surface area contributed by atoms with Crippen molar-refractivity contribution in [2.75, 3.05) is 25.0 Å². The molecule has 0 bridgehead atoms. The minimum absolute atomic E-state index is 0.0647. The Balaban J connectivity index is 1.56. The Morgan fingerprint density at radius 3 is 2.54 bits per heavy atom. The van der Waals surface area contributed by atoms with Crippen molar-refractivity contribution < 1.29 is 23.1 Å². The average Bonchev–Trinajstić information content (AvgIpc) is 3.23. The molecule has 1 aliphatic heterocycles. The van der Waals surface area contributed by atoms with Gasteiger partial charge in [0.15, 0.2) is 0 Å². The second-order valence-corrected chi connectivity index (χ2v) is 8.54. The Kier molecular flexibility index (Phi) is 6.53. The van der Waals surface area contributed by atoms with Crippen molar-refractivity contribution in [3.63, 3.8) is 0 Å². The molecule has 2 N–H and O–H groups in total. The van der Waals surface area contributed by atoms with Crippen LogP contribution >= 0.6 is 0 Å². The fourth-order valence-electron chi connectivity index (χ4n) is 3.01. The topological polar surface area (TPSA) is 95.9 Å². The van der Waals surface area contributed by atoms with Crippen LogP contribution in [0, 0.1) is 0 Å². The number of amides is 1. The van der Waals surface area contributed by atoms with E-state index in [4.69, 9.17) is 4.74 Å². The van der Waals surface area contributed by atoms with Gasteiger partial charge in [-0.25, -0.2) is 8.42 Å². The van der Waals surface area contributed by atoms with Crippen LogP contribution in [0.5, 0.6) is 11.5 Å². The van der Waals surface area contributed by atoms with Crippen LogP contribution in [0.25, 0.3) is 0 Å². The lowest BCUT2D eigenvalue weighted by molar-refractivity contribution is -0.116. The first kappa shape index (κ1) is 20.2. The molecule has 1 fully saturated rings. The van der Waals surface area contributed by atoms with Gasteiger partial charge in [-0.3, -0.25) is 4.79 Å². The van der Waals surface area contributed by atoms with Gasteiger partial charge in [-0.2, -0.15) is 4.31 Å². The number of benzene rings is 2. The summed E-state index contributed by atoms with van der Waals surface area (Å²) in [5, 5.41) is 12.6. The number of sulfonamides is 1. The number of hydrogen-bond donors (Lipinski definition) is 2. The van der Waals surface area contributed by atoms with E-state index in [9.17, 15) is 18.3 Å². The molecule has 7 nitrogen and oxygen atoms in total. The molecule has 1 amide bonds. The fourth-order valence-corrected chi connectivity index (χ4v) is 4.55. The third kappa shape index (κ3) is 5.02. The Labute approximate surface area is 165 Å². The van der Waals surface area contributed by atoms with Gasteiger partial charge < -0.3 is 15.2 Å². The summed E-state index contributed by atoms with van der Waals surface area (Å²) in [6.07, 6.45) is 2.36. The Morgan fingerprint density at radius 1 is 1.11 bits per heavy atom. The molecule has 0 radical (unpaired) electrons. The molecule has 0 aromatic heterocycles. The average molecular weight is 404 g/mol. The zero-order valence-electron chi connectivity index (χ0n) is 15.5. The van der Waals surface area contributed by atoms with Crippen LogP contribution in [0.4, 0.5) is 5.69 Å². The van der Waals surface area contributed by atoms with Gasteiger partial charge in [0, 0.05) is 19.5 Å². The van der Waals surface area contributed by atoms with E-state index in [1.807, 2.05) is 30.3 Å². The number of phenols is 1. The van der Waals surface area contributed by atoms with Gasteiger partial charge in [0.1, 0.15) is 11.5 Å². The van der Waals surface area contributed by atoms with Crippen LogP contribution in [0.15, 0.2) is 53.4 Å². The monoisotopic (exact) mass is 404 g/mol. The summed E-state index contributed by atoms with van der Waals surface area (Å²) in [6.45, 7) is 1.37.